The van der Waals surface area contributed by atoms with Crippen molar-refractivity contribution in [3.05, 3.63) is 69.6 Å². The highest BCUT2D eigenvalue weighted by Gasteiger charge is 2.17. The number of aliphatic hydroxyl groups is 1. The van der Waals surface area contributed by atoms with Crippen LogP contribution in [0.3, 0.4) is 0 Å². The van der Waals surface area contributed by atoms with Crippen LogP contribution >= 0.6 is 0 Å². The van der Waals surface area contributed by atoms with E-state index in [1.807, 2.05) is 32.0 Å². The van der Waals surface area contributed by atoms with E-state index in [0.717, 1.165) is 22.9 Å². The molecule has 7 nitrogen and oxygen atoms in total. The van der Waals surface area contributed by atoms with Gasteiger partial charge in [-0.05, 0) is 44.0 Å². The van der Waals surface area contributed by atoms with Gasteiger partial charge in [-0.1, -0.05) is 24.3 Å². The largest absolute Gasteiger partial charge is 0.490 e. The zero-order valence-corrected chi connectivity index (χ0v) is 17.1. The molecule has 0 amide bonds. The van der Waals surface area contributed by atoms with Gasteiger partial charge in [0.15, 0.2) is 5.43 Å². The number of carbonyl (C=O) groups is 1. The highest BCUT2D eigenvalue weighted by molar-refractivity contribution is 5.90. The van der Waals surface area contributed by atoms with Crippen LogP contribution in [0.4, 0.5) is 0 Å². The average Bonchev–Trinajstić information content (AvgIpc) is 2.71. The van der Waals surface area contributed by atoms with Crippen LogP contribution in [0.25, 0.3) is 11.0 Å². The zero-order chi connectivity index (χ0) is 21.7. The van der Waals surface area contributed by atoms with Gasteiger partial charge in [0.05, 0.1) is 6.61 Å². The van der Waals surface area contributed by atoms with E-state index in [-0.39, 0.29) is 42.3 Å². The standard InChI is InChI=1S/C23H24O7/c1-4-27-23(26)20-11-17(25)21-18(9-6-10-19(21)30-20)28-12-16(24)13-29-22-14(2)7-5-8-15(22)3/h5-11,16,24H,4,12-13H2,1-3H3. The minimum absolute atomic E-state index is 0.0398. The van der Waals surface area contributed by atoms with Crippen LogP contribution in [0.15, 0.2) is 51.7 Å². The van der Waals surface area contributed by atoms with Gasteiger partial charge in [0.25, 0.3) is 0 Å². The minimum atomic E-state index is -0.912. The molecule has 1 atom stereocenters. The third-order valence-corrected chi connectivity index (χ3v) is 4.45. The van der Waals surface area contributed by atoms with Crippen LogP contribution in [-0.2, 0) is 4.74 Å². The lowest BCUT2D eigenvalue weighted by Gasteiger charge is -2.16. The fourth-order valence-corrected chi connectivity index (χ4v) is 3.04. The maximum absolute atomic E-state index is 12.5. The molecular weight excluding hydrogens is 388 g/mol. The molecule has 1 unspecified atom stereocenters. The topological polar surface area (TPSA) is 95.2 Å². The molecule has 0 bridgehead atoms. The molecule has 0 saturated carbocycles. The summed E-state index contributed by atoms with van der Waals surface area (Å²) in [6, 6.07) is 11.7. The van der Waals surface area contributed by atoms with Crippen LogP contribution in [0, 0.1) is 13.8 Å². The molecule has 0 fully saturated rings. The van der Waals surface area contributed by atoms with E-state index in [4.69, 9.17) is 18.6 Å². The number of rotatable bonds is 8. The van der Waals surface area contributed by atoms with Crippen molar-refractivity contribution < 1.29 is 28.5 Å². The predicted molar refractivity (Wildman–Crippen MR) is 111 cm³/mol. The fourth-order valence-electron chi connectivity index (χ4n) is 3.04. The number of hydrogen-bond acceptors (Lipinski definition) is 7. The van der Waals surface area contributed by atoms with Crippen molar-refractivity contribution >= 4 is 16.9 Å². The maximum Gasteiger partial charge on any atom is 0.374 e. The van der Waals surface area contributed by atoms with E-state index in [9.17, 15) is 14.7 Å². The highest BCUT2D eigenvalue weighted by atomic mass is 16.5. The van der Waals surface area contributed by atoms with Crippen LogP contribution < -0.4 is 14.9 Å². The Kier molecular flexibility index (Phi) is 6.74. The molecule has 1 aromatic heterocycles. The van der Waals surface area contributed by atoms with Gasteiger partial charge in [0.2, 0.25) is 5.76 Å². The van der Waals surface area contributed by atoms with Gasteiger partial charge in [-0.3, -0.25) is 4.79 Å². The van der Waals surface area contributed by atoms with E-state index in [1.54, 1.807) is 25.1 Å². The van der Waals surface area contributed by atoms with E-state index in [2.05, 4.69) is 0 Å². The Hall–Kier alpha value is -3.32. The molecular formula is C23H24O7. The normalized spacial score (nSPS) is 11.9. The minimum Gasteiger partial charge on any atom is -0.490 e. The molecule has 158 valence electrons. The molecule has 3 aromatic rings. The van der Waals surface area contributed by atoms with Crippen molar-refractivity contribution in [2.24, 2.45) is 0 Å². The molecule has 0 aliphatic rings. The predicted octanol–water partition coefficient (Wildman–Crippen LogP) is 3.41. The summed E-state index contributed by atoms with van der Waals surface area (Å²) in [5.41, 5.74) is 1.72. The van der Waals surface area contributed by atoms with E-state index < -0.39 is 17.5 Å². The summed E-state index contributed by atoms with van der Waals surface area (Å²) in [7, 11) is 0. The second-order valence-corrected chi connectivity index (χ2v) is 6.82. The highest BCUT2D eigenvalue weighted by Crippen LogP contribution is 2.25. The monoisotopic (exact) mass is 412 g/mol. The lowest BCUT2D eigenvalue weighted by Crippen LogP contribution is -2.25. The Morgan fingerprint density at radius 2 is 1.73 bits per heavy atom. The molecule has 0 saturated heterocycles. The summed E-state index contributed by atoms with van der Waals surface area (Å²) >= 11 is 0. The summed E-state index contributed by atoms with van der Waals surface area (Å²) in [5.74, 6) is 0.104. The van der Waals surface area contributed by atoms with Crippen LogP contribution in [0.1, 0.15) is 28.6 Å². The van der Waals surface area contributed by atoms with Gasteiger partial charge >= 0.3 is 5.97 Å². The van der Waals surface area contributed by atoms with Crippen molar-refractivity contribution in [3.63, 3.8) is 0 Å². The van der Waals surface area contributed by atoms with Crippen molar-refractivity contribution in [3.8, 4) is 11.5 Å². The molecule has 0 aliphatic heterocycles. The van der Waals surface area contributed by atoms with E-state index in [1.165, 1.54) is 0 Å². The van der Waals surface area contributed by atoms with Gasteiger partial charge in [-0.25, -0.2) is 4.79 Å². The van der Waals surface area contributed by atoms with Crippen molar-refractivity contribution in [1.29, 1.82) is 0 Å². The molecule has 2 aromatic carbocycles. The lowest BCUT2D eigenvalue weighted by atomic mass is 10.1. The molecule has 7 heteroatoms. The second-order valence-electron chi connectivity index (χ2n) is 6.82. The van der Waals surface area contributed by atoms with E-state index in [0.29, 0.717) is 0 Å². The molecule has 1 heterocycles. The Labute approximate surface area is 173 Å². The number of hydrogen-bond donors (Lipinski definition) is 1. The first-order valence-corrected chi connectivity index (χ1v) is 9.64. The van der Waals surface area contributed by atoms with Crippen LogP contribution in [0.2, 0.25) is 0 Å². The summed E-state index contributed by atoms with van der Waals surface area (Å²) in [6.07, 6.45) is -0.912. The third-order valence-electron chi connectivity index (χ3n) is 4.45. The molecule has 0 spiro atoms. The Morgan fingerprint density at radius 3 is 2.43 bits per heavy atom. The number of para-hydroxylation sites is 1. The Morgan fingerprint density at radius 1 is 1.07 bits per heavy atom. The summed E-state index contributed by atoms with van der Waals surface area (Å²) in [5, 5.41) is 10.4. The number of aliphatic hydroxyl groups excluding tert-OH is 1. The second kappa shape index (κ2) is 9.45. The number of aryl methyl sites for hydroxylation is 2. The number of carbonyl (C=O) groups excluding carboxylic acids is 1. The number of fused-ring (bicyclic) bond motifs is 1. The van der Waals surface area contributed by atoms with Crippen molar-refractivity contribution in [2.75, 3.05) is 19.8 Å². The quantitative estimate of drug-likeness (QED) is 0.567. The maximum atomic E-state index is 12.5. The number of esters is 1. The summed E-state index contributed by atoms with van der Waals surface area (Å²) in [4.78, 5) is 24.4. The molecule has 30 heavy (non-hydrogen) atoms. The van der Waals surface area contributed by atoms with E-state index >= 15 is 0 Å². The number of benzene rings is 2. The fraction of sp³-hybridized carbons (Fsp3) is 0.304. The molecule has 1 N–H and O–H groups in total. The lowest BCUT2D eigenvalue weighted by molar-refractivity contribution is 0.0490. The third kappa shape index (κ3) is 4.80. The van der Waals surface area contributed by atoms with Gasteiger partial charge in [-0.15, -0.1) is 0 Å². The van der Waals surface area contributed by atoms with Crippen LogP contribution in [-0.4, -0.2) is 37.0 Å². The van der Waals surface area contributed by atoms with Crippen molar-refractivity contribution in [1.82, 2.24) is 0 Å². The van der Waals surface area contributed by atoms with Crippen molar-refractivity contribution in [2.45, 2.75) is 26.9 Å². The number of ether oxygens (including phenoxy) is 3. The Balaban J connectivity index is 1.71. The Bertz CT molecular complexity index is 1080. The smallest absolute Gasteiger partial charge is 0.374 e. The molecule has 3 rings (SSSR count). The first kappa shape index (κ1) is 21.4. The summed E-state index contributed by atoms with van der Waals surface area (Å²) < 4.78 is 21.8. The van der Waals surface area contributed by atoms with Gasteiger partial charge < -0.3 is 23.7 Å². The van der Waals surface area contributed by atoms with Gasteiger partial charge in [0, 0.05) is 6.07 Å². The first-order chi connectivity index (χ1) is 14.4. The average molecular weight is 412 g/mol. The molecule has 0 aliphatic carbocycles. The molecule has 0 radical (unpaired) electrons. The summed E-state index contributed by atoms with van der Waals surface area (Å²) in [6.45, 7) is 5.67. The van der Waals surface area contributed by atoms with Crippen LogP contribution in [0.5, 0.6) is 11.5 Å². The van der Waals surface area contributed by atoms with Gasteiger partial charge in [0.1, 0.15) is 41.8 Å². The first-order valence-electron chi connectivity index (χ1n) is 9.64. The van der Waals surface area contributed by atoms with Gasteiger partial charge in [-0.2, -0.15) is 0 Å². The zero-order valence-electron chi connectivity index (χ0n) is 17.1. The SMILES string of the molecule is CCOC(=O)c1cc(=O)c2c(OCC(O)COc3c(C)cccc3C)cccc2o1.